The Balaban J connectivity index is 1.44. The van der Waals surface area contributed by atoms with E-state index in [1.807, 2.05) is 0 Å². The number of carbonyl (C=O) groups is 4. The molecule has 0 radical (unpaired) electrons. The number of cyclic esters (lactones) is 1. The summed E-state index contributed by atoms with van der Waals surface area (Å²) >= 11 is 0. The fraction of sp³-hybridized carbons (Fsp3) is 0.452. The molecule has 2 aromatic rings. The van der Waals surface area contributed by atoms with E-state index >= 15 is 0 Å². The summed E-state index contributed by atoms with van der Waals surface area (Å²) in [5.41, 5.74) is 0.563. The number of rotatable bonds is 10. The molecule has 3 heterocycles. The molecule has 0 spiro atoms. The highest BCUT2D eigenvalue weighted by Crippen LogP contribution is 2.26. The van der Waals surface area contributed by atoms with Crippen LogP contribution in [0.5, 0.6) is 0 Å². The molecule has 3 amide bonds. The summed E-state index contributed by atoms with van der Waals surface area (Å²) in [6, 6.07) is 7.01. The molecule has 0 bridgehead atoms. The summed E-state index contributed by atoms with van der Waals surface area (Å²) in [6.45, 7) is 0.780. The second-order valence-electron chi connectivity index (χ2n) is 11.2. The van der Waals surface area contributed by atoms with Crippen molar-refractivity contribution in [3.63, 3.8) is 0 Å². The summed E-state index contributed by atoms with van der Waals surface area (Å²) in [6.07, 6.45) is 7.90. The van der Waals surface area contributed by atoms with Gasteiger partial charge in [-0.15, -0.1) is 0 Å². The van der Waals surface area contributed by atoms with Crippen molar-refractivity contribution in [2.24, 2.45) is 11.8 Å². The summed E-state index contributed by atoms with van der Waals surface area (Å²) in [7, 11) is 0. The van der Waals surface area contributed by atoms with Gasteiger partial charge >= 0.3 is 5.97 Å². The highest BCUT2D eigenvalue weighted by atomic mass is 19.1. The Morgan fingerprint density at radius 3 is 2.52 bits per heavy atom. The van der Waals surface area contributed by atoms with Crippen LogP contribution >= 0.6 is 0 Å². The largest absolute Gasteiger partial charge is 0.462 e. The number of benzene rings is 1. The van der Waals surface area contributed by atoms with E-state index in [2.05, 4.69) is 16.0 Å². The summed E-state index contributed by atoms with van der Waals surface area (Å²) < 4.78 is 20.0. The SMILES string of the molecule is O=C1OCC/C1=C/C(CC1CCNC1=O)NC(=O)C(Cc1ccc(F)cc1)n1cccc(NC(=O)C2CCCC2)c1=O. The molecule has 2 saturated heterocycles. The highest BCUT2D eigenvalue weighted by molar-refractivity contribution is 5.92. The van der Waals surface area contributed by atoms with Crippen LogP contribution in [0, 0.1) is 17.7 Å². The Kier molecular flexibility index (Phi) is 9.14. The molecule has 222 valence electrons. The first-order valence-electron chi connectivity index (χ1n) is 14.5. The third kappa shape index (κ3) is 6.95. The van der Waals surface area contributed by atoms with Gasteiger partial charge in [-0.3, -0.25) is 19.2 Å². The molecular formula is C31H35FN4O6. The van der Waals surface area contributed by atoms with Crippen molar-refractivity contribution in [3.05, 3.63) is 76.0 Å². The number of halogens is 1. The summed E-state index contributed by atoms with van der Waals surface area (Å²) in [4.78, 5) is 64.9. The van der Waals surface area contributed by atoms with Crippen molar-refractivity contribution < 1.29 is 28.3 Å². The third-order valence-electron chi connectivity index (χ3n) is 8.24. The number of esters is 1. The molecule has 3 fully saturated rings. The molecule has 3 aliphatic rings. The molecule has 11 heteroatoms. The molecule has 5 rings (SSSR count). The van der Waals surface area contributed by atoms with Crippen LogP contribution in [0.2, 0.25) is 0 Å². The first-order chi connectivity index (χ1) is 20.3. The zero-order chi connectivity index (χ0) is 29.6. The third-order valence-corrected chi connectivity index (χ3v) is 8.24. The van der Waals surface area contributed by atoms with Gasteiger partial charge in [-0.05, 0) is 55.5 Å². The minimum absolute atomic E-state index is 0.0568. The van der Waals surface area contributed by atoms with Crippen LogP contribution in [0.4, 0.5) is 10.1 Å². The lowest BCUT2D eigenvalue weighted by molar-refractivity contribution is -0.135. The minimum Gasteiger partial charge on any atom is -0.462 e. The molecule has 3 atom stereocenters. The zero-order valence-corrected chi connectivity index (χ0v) is 23.3. The number of nitrogens with zero attached hydrogens (tertiary/aromatic N) is 1. The molecule has 10 nitrogen and oxygen atoms in total. The van der Waals surface area contributed by atoms with Crippen molar-refractivity contribution >= 4 is 29.4 Å². The maximum absolute atomic E-state index is 14.0. The maximum Gasteiger partial charge on any atom is 0.333 e. The van der Waals surface area contributed by atoms with Crippen LogP contribution in [0.3, 0.4) is 0 Å². The number of hydrogen-bond acceptors (Lipinski definition) is 6. The zero-order valence-electron chi connectivity index (χ0n) is 23.3. The Morgan fingerprint density at radius 2 is 1.86 bits per heavy atom. The van der Waals surface area contributed by atoms with Gasteiger partial charge in [0.25, 0.3) is 5.56 Å². The lowest BCUT2D eigenvalue weighted by Crippen LogP contribution is -2.44. The molecule has 1 aromatic carbocycles. The summed E-state index contributed by atoms with van der Waals surface area (Å²) in [5, 5.41) is 8.49. The Morgan fingerprint density at radius 1 is 1.10 bits per heavy atom. The number of pyridine rings is 1. The predicted octanol–water partition coefficient (Wildman–Crippen LogP) is 2.78. The number of carbonyl (C=O) groups excluding carboxylic acids is 4. The van der Waals surface area contributed by atoms with E-state index < -0.39 is 35.3 Å². The number of ether oxygens (including phenoxy) is 1. The Labute approximate surface area is 242 Å². The van der Waals surface area contributed by atoms with Gasteiger partial charge in [-0.1, -0.05) is 31.1 Å². The van der Waals surface area contributed by atoms with Gasteiger partial charge in [-0.2, -0.15) is 0 Å². The normalized spacial score (nSPS) is 21.2. The van der Waals surface area contributed by atoms with Crippen molar-refractivity contribution in [2.75, 3.05) is 18.5 Å². The number of anilines is 1. The highest BCUT2D eigenvalue weighted by Gasteiger charge is 2.32. The molecular weight excluding hydrogens is 543 g/mol. The Bertz CT molecular complexity index is 1430. The molecule has 1 aromatic heterocycles. The molecule has 3 unspecified atom stereocenters. The van der Waals surface area contributed by atoms with E-state index in [1.54, 1.807) is 24.3 Å². The maximum atomic E-state index is 14.0. The standard InChI is InChI=1S/C31H35FN4O6/c32-23-9-7-19(8-10-23)16-26(36-14-3-6-25(30(36)40)35-28(38)20-4-1-2-5-20)29(39)34-24(17-21-11-13-33-27(21)37)18-22-12-15-42-31(22)41/h3,6-10,14,18,20-21,24,26H,1-2,4-5,11-13,15-17H2,(H,33,37)(H,34,39)(H,35,38)/b22-18-. The molecule has 42 heavy (non-hydrogen) atoms. The number of amides is 3. The van der Waals surface area contributed by atoms with Crippen LogP contribution in [-0.4, -0.2) is 47.5 Å². The first-order valence-corrected chi connectivity index (χ1v) is 14.5. The van der Waals surface area contributed by atoms with Gasteiger partial charge < -0.3 is 25.3 Å². The van der Waals surface area contributed by atoms with Gasteiger partial charge in [0, 0.05) is 49.0 Å². The van der Waals surface area contributed by atoms with Crippen molar-refractivity contribution in [2.45, 2.75) is 63.5 Å². The van der Waals surface area contributed by atoms with Gasteiger partial charge in [0.15, 0.2) is 0 Å². The van der Waals surface area contributed by atoms with Gasteiger partial charge in [0.1, 0.15) is 17.5 Å². The van der Waals surface area contributed by atoms with E-state index in [0.29, 0.717) is 30.5 Å². The fourth-order valence-electron chi connectivity index (χ4n) is 5.90. The van der Waals surface area contributed by atoms with E-state index in [9.17, 15) is 28.4 Å². The van der Waals surface area contributed by atoms with Gasteiger partial charge in [-0.25, -0.2) is 9.18 Å². The monoisotopic (exact) mass is 578 g/mol. The molecule has 3 N–H and O–H groups in total. The molecule has 1 aliphatic carbocycles. The van der Waals surface area contributed by atoms with Crippen LogP contribution in [0.1, 0.15) is 56.6 Å². The van der Waals surface area contributed by atoms with Gasteiger partial charge in [0.2, 0.25) is 17.7 Å². The van der Waals surface area contributed by atoms with Crippen LogP contribution in [0.25, 0.3) is 0 Å². The number of hydrogen-bond donors (Lipinski definition) is 3. The van der Waals surface area contributed by atoms with Crippen molar-refractivity contribution in [1.29, 1.82) is 0 Å². The number of nitrogens with one attached hydrogen (secondary N) is 3. The predicted molar refractivity (Wildman–Crippen MR) is 152 cm³/mol. The average molecular weight is 579 g/mol. The minimum atomic E-state index is -1.07. The topological polar surface area (TPSA) is 136 Å². The van der Waals surface area contributed by atoms with Crippen LogP contribution < -0.4 is 21.5 Å². The van der Waals surface area contributed by atoms with Crippen LogP contribution in [-0.2, 0) is 30.3 Å². The first kappa shape index (κ1) is 29.2. The smallest absolute Gasteiger partial charge is 0.333 e. The average Bonchev–Trinajstić information content (AvgIpc) is 3.74. The lowest BCUT2D eigenvalue weighted by Gasteiger charge is -2.24. The van der Waals surface area contributed by atoms with Crippen molar-refractivity contribution in [1.82, 2.24) is 15.2 Å². The summed E-state index contributed by atoms with van der Waals surface area (Å²) in [5.74, 6) is -2.25. The second kappa shape index (κ2) is 13.1. The van der Waals surface area contributed by atoms with Crippen LogP contribution in [0.15, 0.2) is 59.0 Å². The fourth-order valence-corrected chi connectivity index (χ4v) is 5.90. The quantitative estimate of drug-likeness (QED) is 0.293. The Hall–Kier alpha value is -4.28. The van der Waals surface area contributed by atoms with Crippen molar-refractivity contribution in [3.8, 4) is 0 Å². The van der Waals surface area contributed by atoms with E-state index in [1.165, 1.54) is 29.0 Å². The van der Waals surface area contributed by atoms with E-state index in [-0.39, 0.29) is 48.8 Å². The molecule has 1 saturated carbocycles. The second-order valence-corrected chi connectivity index (χ2v) is 11.2. The van der Waals surface area contributed by atoms with E-state index in [4.69, 9.17) is 4.74 Å². The lowest BCUT2D eigenvalue weighted by atomic mass is 9.95. The molecule has 2 aliphatic heterocycles. The van der Waals surface area contributed by atoms with Gasteiger partial charge in [0.05, 0.1) is 6.61 Å². The number of aromatic nitrogens is 1. The van der Waals surface area contributed by atoms with E-state index in [0.717, 1.165) is 25.7 Å².